The number of benzene rings is 2. The van der Waals surface area contributed by atoms with Crippen LogP contribution in [-0.4, -0.2) is 16.8 Å². The van der Waals surface area contributed by atoms with Crippen LogP contribution in [0.3, 0.4) is 0 Å². The molecular weight excluding hydrogens is 370 g/mol. The third-order valence-corrected chi connectivity index (χ3v) is 5.25. The Labute approximate surface area is 168 Å². The smallest absolute Gasteiger partial charge is 0.231 e. The van der Waals surface area contributed by atoms with Crippen LogP contribution in [-0.2, 0) is 22.4 Å². The van der Waals surface area contributed by atoms with Gasteiger partial charge < -0.3 is 10.6 Å². The standard InChI is InChI=1S/C22H23N3O2S/c1-4-16-5-9-19(10-6-16)24-20(27)13-21-25-22(14(2)28-21)17-7-11-18(12-8-17)23-15(3)26/h5-12H,4,13H2,1-3H3,(H,23,26)(H,24,27). The van der Waals surface area contributed by atoms with Gasteiger partial charge in [0.25, 0.3) is 0 Å². The average Bonchev–Trinajstić information content (AvgIpc) is 3.02. The minimum atomic E-state index is -0.102. The molecule has 0 atom stereocenters. The lowest BCUT2D eigenvalue weighted by atomic mass is 10.1. The molecule has 3 aromatic rings. The van der Waals surface area contributed by atoms with Crippen LogP contribution in [0.1, 0.15) is 29.3 Å². The summed E-state index contributed by atoms with van der Waals surface area (Å²) in [4.78, 5) is 29.2. The van der Waals surface area contributed by atoms with E-state index in [2.05, 4.69) is 22.5 Å². The molecule has 2 amide bonds. The highest BCUT2D eigenvalue weighted by atomic mass is 32.1. The van der Waals surface area contributed by atoms with Crippen molar-refractivity contribution in [1.29, 1.82) is 0 Å². The fourth-order valence-electron chi connectivity index (χ4n) is 2.88. The number of carbonyl (C=O) groups is 2. The number of hydrogen-bond acceptors (Lipinski definition) is 4. The second kappa shape index (κ2) is 8.80. The first-order chi connectivity index (χ1) is 13.4. The summed E-state index contributed by atoms with van der Waals surface area (Å²) in [5.41, 5.74) is 4.61. The third-order valence-electron chi connectivity index (χ3n) is 4.28. The molecule has 0 unspecified atom stereocenters. The lowest BCUT2D eigenvalue weighted by Crippen LogP contribution is -2.14. The van der Waals surface area contributed by atoms with E-state index in [1.807, 2.05) is 55.5 Å². The van der Waals surface area contributed by atoms with Crippen molar-refractivity contribution in [1.82, 2.24) is 4.98 Å². The molecule has 144 valence electrons. The van der Waals surface area contributed by atoms with Crippen LogP contribution in [0.15, 0.2) is 48.5 Å². The SMILES string of the molecule is CCc1ccc(NC(=O)Cc2nc(-c3ccc(NC(C)=O)cc3)c(C)s2)cc1. The molecule has 1 aromatic heterocycles. The van der Waals surface area contributed by atoms with Crippen molar-refractivity contribution in [3.8, 4) is 11.3 Å². The quantitative estimate of drug-likeness (QED) is 0.631. The summed E-state index contributed by atoms with van der Waals surface area (Å²) in [7, 11) is 0. The van der Waals surface area contributed by atoms with E-state index >= 15 is 0 Å². The Bertz CT molecular complexity index is 976. The predicted octanol–water partition coefficient (Wildman–Crippen LogP) is 4.82. The minimum Gasteiger partial charge on any atom is -0.326 e. The van der Waals surface area contributed by atoms with Crippen LogP contribution in [0.4, 0.5) is 11.4 Å². The first-order valence-corrected chi connectivity index (χ1v) is 9.99. The molecule has 0 aliphatic rings. The highest BCUT2D eigenvalue weighted by molar-refractivity contribution is 7.12. The van der Waals surface area contributed by atoms with Crippen LogP contribution in [0.25, 0.3) is 11.3 Å². The van der Waals surface area contributed by atoms with Crippen molar-refractivity contribution in [2.75, 3.05) is 10.6 Å². The number of thiazole rings is 1. The molecule has 6 heteroatoms. The Morgan fingerprint density at radius 1 is 0.964 bits per heavy atom. The summed E-state index contributed by atoms with van der Waals surface area (Å²) in [5.74, 6) is -0.180. The maximum atomic E-state index is 12.4. The van der Waals surface area contributed by atoms with Crippen molar-refractivity contribution in [3.05, 3.63) is 64.0 Å². The van der Waals surface area contributed by atoms with E-state index in [1.165, 1.54) is 23.8 Å². The zero-order chi connectivity index (χ0) is 20.1. The van der Waals surface area contributed by atoms with E-state index in [0.29, 0.717) is 0 Å². The van der Waals surface area contributed by atoms with Crippen molar-refractivity contribution in [2.45, 2.75) is 33.6 Å². The van der Waals surface area contributed by atoms with Gasteiger partial charge in [0, 0.05) is 28.7 Å². The predicted molar refractivity (Wildman–Crippen MR) is 115 cm³/mol. The number of rotatable bonds is 6. The Kier molecular flexibility index (Phi) is 6.21. The van der Waals surface area contributed by atoms with Crippen molar-refractivity contribution >= 4 is 34.5 Å². The molecule has 0 bridgehead atoms. The van der Waals surface area contributed by atoms with Gasteiger partial charge >= 0.3 is 0 Å². The van der Waals surface area contributed by atoms with Gasteiger partial charge in [0.1, 0.15) is 5.01 Å². The van der Waals surface area contributed by atoms with Gasteiger partial charge in [-0.15, -0.1) is 11.3 Å². The maximum absolute atomic E-state index is 12.4. The number of anilines is 2. The molecule has 2 N–H and O–H groups in total. The van der Waals surface area contributed by atoms with E-state index in [1.54, 1.807) is 0 Å². The zero-order valence-corrected chi connectivity index (χ0v) is 17.0. The maximum Gasteiger partial charge on any atom is 0.231 e. The van der Waals surface area contributed by atoms with Crippen molar-refractivity contribution < 1.29 is 9.59 Å². The van der Waals surface area contributed by atoms with Crippen LogP contribution >= 0.6 is 11.3 Å². The molecule has 0 fully saturated rings. The van der Waals surface area contributed by atoms with Gasteiger partial charge in [0.05, 0.1) is 12.1 Å². The van der Waals surface area contributed by atoms with E-state index < -0.39 is 0 Å². The second-order valence-corrected chi connectivity index (χ2v) is 7.83. The van der Waals surface area contributed by atoms with Gasteiger partial charge in [-0.2, -0.15) is 0 Å². The third kappa shape index (κ3) is 5.04. The van der Waals surface area contributed by atoms with E-state index in [0.717, 1.165) is 38.9 Å². The number of carbonyl (C=O) groups excluding carboxylic acids is 2. The number of nitrogens with one attached hydrogen (secondary N) is 2. The fourth-order valence-corrected chi connectivity index (χ4v) is 3.83. The second-order valence-electron chi connectivity index (χ2n) is 6.55. The number of hydrogen-bond donors (Lipinski definition) is 2. The van der Waals surface area contributed by atoms with Gasteiger partial charge in [-0.3, -0.25) is 9.59 Å². The number of nitrogens with zero attached hydrogens (tertiary/aromatic N) is 1. The lowest BCUT2D eigenvalue weighted by Gasteiger charge is -2.05. The molecule has 0 aliphatic carbocycles. The summed E-state index contributed by atoms with van der Waals surface area (Å²) in [6, 6.07) is 15.4. The van der Waals surface area contributed by atoms with Gasteiger partial charge in [-0.25, -0.2) is 4.98 Å². The molecule has 2 aromatic carbocycles. The molecule has 28 heavy (non-hydrogen) atoms. The summed E-state index contributed by atoms with van der Waals surface area (Å²) >= 11 is 1.53. The molecule has 1 heterocycles. The molecular formula is C22H23N3O2S. The van der Waals surface area contributed by atoms with E-state index in [9.17, 15) is 9.59 Å². The van der Waals surface area contributed by atoms with Crippen LogP contribution in [0.5, 0.6) is 0 Å². The average molecular weight is 394 g/mol. The van der Waals surface area contributed by atoms with Crippen LogP contribution < -0.4 is 10.6 Å². The highest BCUT2D eigenvalue weighted by Gasteiger charge is 2.13. The summed E-state index contributed by atoms with van der Waals surface area (Å²) in [6.07, 6.45) is 1.21. The topological polar surface area (TPSA) is 71.1 Å². The minimum absolute atomic E-state index is 0.0782. The molecule has 0 aliphatic heterocycles. The van der Waals surface area contributed by atoms with Crippen molar-refractivity contribution in [3.63, 3.8) is 0 Å². The molecule has 3 rings (SSSR count). The molecule has 5 nitrogen and oxygen atoms in total. The van der Waals surface area contributed by atoms with Gasteiger partial charge in [0.15, 0.2) is 0 Å². The molecule has 0 spiro atoms. The monoisotopic (exact) mass is 393 g/mol. The largest absolute Gasteiger partial charge is 0.326 e. The Hall–Kier alpha value is -2.99. The van der Waals surface area contributed by atoms with Crippen LogP contribution in [0.2, 0.25) is 0 Å². The fraction of sp³-hybridized carbons (Fsp3) is 0.227. The van der Waals surface area contributed by atoms with E-state index in [4.69, 9.17) is 0 Å². The molecule has 0 saturated heterocycles. The first kappa shape index (κ1) is 19.8. The molecule has 0 radical (unpaired) electrons. The molecule has 0 saturated carbocycles. The van der Waals surface area contributed by atoms with Gasteiger partial charge in [-0.1, -0.05) is 31.2 Å². The zero-order valence-electron chi connectivity index (χ0n) is 16.2. The summed E-state index contributed by atoms with van der Waals surface area (Å²) in [5, 5.41) is 6.45. The number of aromatic nitrogens is 1. The number of aryl methyl sites for hydroxylation is 2. The Morgan fingerprint density at radius 3 is 2.18 bits per heavy atom. The summed E-state index contributed by atoms with van der Waals surface area (Å²) < 4.78 is 0. The Balaban J connectivity index is 1.67. The van der Waals surface area contributed by atoms with Crippen molar-refractivity contribution in [2.24, 2.45) is 0 Å². The van der Waals surface area contributed by atoms with Gasteiger partial charge in [-0.05, 0) is 43.2 Å². The Morgan fingerprint density at radius 2 is 1.57 bits per heavy atom. The lowest BCUT2D eigenvalue weighted by molar-refractivity contribution is -0.116. The normalized spacial score (nSPS) is 10.5. The van der Waals surface area contributed by atoms with Gasteiger partial charge in [0.2, 0.25) is 11.8 Å². The van der Waals surface area contributed by atoms with Crippen LogP contribution in [0, 0.1) is 6.92 Å². The first-order valence-electron chi connectivity index (χ1n) is 9.17. The summed E-state index contributed by atoms with van der Waals surface area (Å²) in [6.45, 7) is 5.58. The highest BCUT2D eigenvalue weighted by Crippen LogP contribution is 2.29. The number of amides is 2. The van der Waals surface area contributed by atoms with E-state index in [-0.39, 0.29) is 18.2 Å².